The van der Waals surface area contributed by atoms with Crippen molar-refractivity contribution in [3.8, 4) is 12.3 Å². The highest BCUT2D eigenvalue weighted by Gasteiger charge is 1.91. The fraction of sp³-hybridized carbons (Fsp3) is 0.833. The zero-order chi connectivity index (χ0) is 12.6. The van der Waals surface area contributed by atoms with Crippen LogP contribution in [0.2, 0.25) is 0 Å². The van der Waals surface area contributed by atoms with Gasteiger partial charge in [0.25, 0.3) is 0 Å². The molecule has 0 aliphatic rings. The summed E-state index contributed by atoms with van der Waals surface area (Å²) in [6.45, 7) is 5.13. The van der Waals surface area contributed by atoms with Crippen molar-refractivity contribution < 1.29 is 18.9 Å². The molecule has 0 aromatic carbocycles. The third kappa shape index (κ3) is 15.4. The Balaban J connectivity index is 2.87. The van der Waals surface area contributed by atoms with Gasteiger partial charge in [-0.3, -0.25) is 0 Å². The molecule has 5 heteroatoms. The van der Waals surface area contributed by atoms with E-state index in [1.165, 1.54) is 0 Å². The lowest BCUT2D eigenvalue weighted by atomic mass is 10.5. The second-order valence-electron chi connectivity index (χ2n) is 3.19. The highest BCUT2D eigenvalue weighted by molar-refractivity contribution is 4.82. The molecule has 0 unspecified atom stereocenters. The van der Waals surface area contributed by atoms with E-state index >= 15 is 0 Å². The molecular weight excluding hydrogens is 222 g/mol. The van der Waals surface area contributed by atoms with Gasteiger partial charge in [-0.15, -0.1) is 12.3 Å². The van der Waals surface area contributed by atoms with Crippen LogP contribution in [0.3, 0.4) is 0 Å². The monoisotopic (exact) mass is 245 g/mol. The summed E-state index contributed by atoms with van der Waals surface area (Å²) in [6, 6.07) is 0. The van der Waals surface area contributed by atoms with Gasteiger partial charge < -0.3 is 24.7 Å². The third-order valence-corrected chi connectivity index (χ3v) is 1.77. The van der Waals surface area contributed by atoms with Crippen molar-refractivity contribution in [3.05, 3.63) is 0 Å². The van der Waals surface area contributed by atoms with Crippen LogP contribution in [-0.2, 0) is 18.9 Å². The molecule has 2 N–H and O–H groups in total. The first-order chi connectivity index (χ1) is 8.41. The first kappa shape index (κ1) is 16.4. The minimum absolute atomic E-state index is 0.544. The van der Waals surface area contributed by atoms with Crippen LogP contribution in [0, 0.1) is 12.3 Å². The van der Waals surface area contributed by atoms with E-state index in [0.717, 1.165) is 0 Å². The van der Waals surface area contributed by atoms with Crippen LogP contribution in [0.4, 0.5) is 0 Å². The maximum absolute atomic E-state index is 5.28. The predicted molar refractivity (Wildman–Crippen MR) is 65.8 cm³/mol. The van der Waals surface area contributed by atoms with E-state index in [0.29, 0.717) is 65.8 Å². The molecule has 0 fully saturated rings. The number of terminal acetylenes is 1. The van der Waals surface area contributed by atoms with Gasteiger partial charge in [-0.2, -0.15) is 0 Å². The number of hydrogen-bond donors (Lipinski definition) is 1. The molecule has 0 aliphatic heterocycles. The molecule has 0 atom stereocenters. The molecule has 0 aromatic rings. The normalized spacial score (nSPS) is 10.4. The predicted octanol–water partition coefficient (Wildman–Crippen LogP) is 0.0348. The second-order valence-corrected chi connectivity index (χ2v) is 3.19. The van der Waals surface area contributed by atoms with Crippen molar-refractivity contribution in [2.45, 2.75) is 6.42 Å². The van der Waals surface area contributed by atoms with Crippen molar-refractivity contribution in [2.75, 3.05) is 59.4 Å². The van der Waals surface area contributed by atoms with Crippen molar-refractivity contribution in [2.24, 2.45) is 5.73 Å². The highest BCUT2D eigenvalue weighted by atomic mass is 16.6. The first-order valence-corrected chi connectivity index (χ1v) is 5.86. The average molecular weight is 245 g/mol. The summed E-state index contributed by atoms with van der Waals surface area (Å²) in [5.74, 6) is 2.50. The topological polar surface area (TPSA) is 62.9 Å². The Morgan fingerprint density at radius 1 is 0.706 bits per heavy atom. The minimum Gasteiger partial charge on any atom is -0.378 e. The van der Waals surface area contributed by atoms with Crippen molar-refractivity contribution in [1.82, 2.24) is 0 Å². The van der Waals surface area contributed by atoms with Crippen LogP contribution in [0.5, 0.6) is 0 Å². The Kier molecular flexibility index (Phi) is 14.8. The number of hydrogen-bond acceptors (Lipinski definition) is 5. The number of rotatable bonds is 13. The van der Waals surface area contributed by atoms with Crippen LogP contribution in [0.15, 0.2) is 0 Å². The number of nitrogens with two attached hydrogens (primary N) is 1. The lowest BCUT2D eigenvalue weighted by Crippen LogP contribution is -2.14. The maximum atomic E-state index is 5.28. The molecular formula is C12H23NO4. The molecule has 100 valence electrons. The number of ether oxygens (including phenoxy) is 4. The SMILES string of the molecule is C#CCCOCCOCCOCCOCCN. The average Bonchev–Trinajstić information content (AvgIpc) is 2.35. The van der Waals surface area contributed by atoms with E-state index < -0.39 is 0 Å². The van der Waals surface area contributed by atoms with Crippen LogP contribution >= 0.6 is 0 Å². The van der Waals surface area contributed by atoms with Crippen molar-refractivity contribution in [1.29, 1.82) is 0 Å². The summed E-state index contributed by atoms with van der Waals surface area (Å²) in [5, 5.41) is 0. The van der Waals surface area contributed by atoms with E-state index in [2.05, 4.69) is 5.92 Å². The minimum atomic E-state index is 0.544. The molecule has 0 rings (SSSR count). The Hall–Kier alpha value is -0.640. The van der Waals surface area contributed by atoms with E-state index in [9.17, 15) is 0 Å². The van der Waals surface area contributed by atoms with Gasteiger partial charge in [-0.1, -0.05) is 0 Å². The lowest BCUT2D eigenvalue weighted by Gasteiger charge is -2.06. The van der Waals surface area contributed by atoms with Gasteiger partial charge >= 0.3 is 0 Å². The largest absolute Gasteiger partial charge is 0.378 e. The molecule has 0 aliphatic carbocycles. The third-order valence-electron chi connectivity index (χ3n) is 1.77. The van der Waals surface area contributed by atoms with Crippen molar-refractivity contribution in [3.63, 3.8) is 0 Å². The van der Waals surface area contributed by atoms with Crippen LogP contribution in [-0.4, -0.2) is 59.4 Å². The molecule has 0 heterocycles. The zero-order valence-electron chi connectivity index (χ0n) is 10.4. The standard InChI is InChI=1S/C12H23NO4/c1-2-3-5-14-7-9-16-11-12-17-10-8-15-6-4-13/h1H,3-13H2. The van der Waals surface area contributed by atoms with E-state index in [1.54, 1.807) is 0 Å². The molecule has 0 saturated carbocycles. The quantitative estimate of drug-likeness (QED) is 0.366. The summed E-state index contributed by atoms with van der Waals surface area (Å²) in [6.07, 6.45) is 5.72. The first-order valence-electron chi connectivity index (χ1n) is 5.86. The van der Waals surface area contributed by atoms with Gasteiger partial charge in [0.2, 0.25) is 0 Å². The van der Waals surface area contributed by atoms with E-state index in [-0.39, 0.29) is 0 Å². The Morgan fingerprint density at radius 3 is 1.53 bits per heavy atom. The smallest absolute Gasteiger partial charge is 0.0701 e. The fourth-order valence-electron chi connectivity index (χ4n) is 0.976. The Morgan fingerprint density at radius 2 is 1.12 bits per heavy atom. The van der Waals surface area contributed by atoms with Gasteiger partial charge in [0.15, 0.2) is 0 Å². The van der Waals surface area contributed by atoms with E-state index in [4.69, 9.17) is 31.1 Å². The molecule has 0 bridgehead atoms. The van der Waals surface area contributed by atoms with Crippen LogP contribution < -0.4 is 5.73 Å². The van der Waals surface area contributed by atoms with Crippen LogP contribution in [0.1, 0.15) is 6.42 Å². The summed E-state index contributed by atoms with van der Waals surface area (Å²) in [4.78, 5) is 0. The molecule has 0 amide bonds. The molecule has 17 heavy (non-hydrogen) atoms. The zero-order valence-corrected chi connectivity index (χ0v) is 10.4. The summed E-state index contributed by atoms with van der Waals surface area (Å²) in [7, 11) is 0. The molecule has 0 saturated heterocycles. The maximum Gasteiger partial charge on any atom is 0.0701 e. The van der Waals surface area contributed by atoms with Crippen LogP contribution in [0.25, 0.3) is 0 Å². The molecule has 5 nitrogen and oxygen atoms in total. The van der Waals surface area contributed by atoms with Gasteiger partial charge in [0, 0.05) is 13.0 Å². The second kappa shape index (κ2) is 15.4. The highest BCUT2D eigenvalue weighted by Crippen LogP contribution is 1.83. The molecule has 0 radical (unpaired) electrons. The van der Waals surface area contributed by atoms with Crippen molar-refractivity contribution >= 4 is 0 Å². The summed E-state index contributed by atoms with van der Waals surface area (Å²) < 4.78 is 20.9. The van der Waals surface area contributed by atoms with Gasteiger partial charge in [-0.25, -0.2) is 0 Å². The summed E-state index contributed by atoms with van der Waals surface area (Å²) >= 11 is 0. The Labute approximate surface area is 104 Å². The van der Waals surface area contributed by atoms with Gasteiger partial charge in [0.1, 0.15) is 0 Å². The fourth-order valence-corrected chi connectivity index (χ4v) is 0.976. The lowest BCUT2D eigenvalue weighted by molar-refractivity contribution is -0.000387. The molecule has 0 aromatic heterocycles. The van der Waals surface area contributed by atoms with Gasteiger partial charge in [-0.05, 0) is 0 Å². The molecule has 0 spiro atoms. The summed E-state index contributed by atoms with van der Waals surface area (Å²) in [5.41, 5.74) is 5.26. The Bertz CT molecular complexity index is 182. The van der Waals surface area contributed by atoms with E-state index in [1.807, 2.05) is 0 Å². The van der Waals surface area contributed by atoms with Gasteiger partial charge in [0.05, 0.1) is 52.9 Å².